The van der Waals surface area contributed by atoms with E-state index >= 15 is 0 Å². The number of anilines is 1. The van der Waals surface area contributed by atoms with Gasteiger partial charge in [0.25, 0.3) is 0 Å². The van der Waals surface area contributed by atoms with Gasteiger partial charge in [-0.25, -0.2) is 9.78 Å². The topological polar surface area (TPSA) is 91.8 Å². The lowest BCUT2D eigenvalue weighted by molar-refractivity contribution is -0.136. The van der Waals surface area contributed by atoms with Crippen LogP contribution in [-0.4, -0.2) is 57.5 Å². The maximum atomic E-state index is 13.4. The van der Waals surface area contributed by atoms with Crippen LogP contribution in [0.3, 0.4) is 0 Å². The predicted octanol–water partition coefficient (Wildman–Crippen LogP) is 5.78. The van der Waals surface area contributed by atoms with Crippen molar-refractivity contribution in [2.45, 2.75) is 93.5 Å². The molecule has 9 heteroatoms. The highest BCUT2D eigenvalue weighted by molar-refractivity contribution is 8.01. The van der Waals surface area contributed by atoms with Crippen LogP contribution in [-0.2, 0) is 9.53 Å². The van der Waals surface area contributed by atoms with E-state index in [2.05, 4.69) is 21.8 Å². The SMILES string of the molecule is C=C(C)CO[C@H]1CC[C@H](N(C(=O)Nc2ncc(SCCC(=O)O)s2)C2CCCCC2)CC1. The number of carbonyl (C=O) groups excluding carboxylic acids is 1. The molecule has 2 aliphatic carbocycles. The lowest BCUT2D eigenvalue weighted by Crippen LogP contribution is -2.51. The van der Waals surface area contributed by atoms with Crippen LogP contribution in [0.5, 0.6) is 0 Å². The molecule has 7 nitrogen and oxygen atoms in total. The van der Waals surface area contributed by atoms with Crippen molar-refractivity contribution in [1.29, 1.82) is 0 Å². The minimum Gasteiger partial charge on any atom is -0.481 e. The molecule has 0 aliphatic heterocycles. The Kier molecular flexibility index (Phi) is 9.87. The van der Waals surface area contributed by atoms with Crippen molar-refractivity contribution >= 4 is 40.2 Å². The molecule has 2 amide bonds. The van der Waals surface area contributed by atoms with Crippen LogP contribution < -0.4 is 5.32 Å². The highest BCUT2D eigenvalue weighted by Gasteiger charge is 2.34. The molecule has 2 aliphatic rings. The second-order valence-electron chi connectivity index (χ2n) is 8.80. The van der Waals surface area contributed by atoms with Gasteiger partial charge in [0.2, 0.25) is 0 Å². The maximum Gasteiger partial charge on any atom is 0.324 e. The summed E-state index contributed by atoms with van der Waals surface area (Å²) in [6.07, 6.45) is 11.6. The zero-order valence-electron chi connectivity index (χ0n) is 18.9. The van der Waals surface area contributed by atoms with Crippen molar-refractivity contribution in [2.75, 3.05) is 17.7 Å². The van der Waals surface area contributed by atoms with E-state index in [-0.39, 0.29) is 30.6 Å². The van der Waals surface area contributed by atoms with Crippen LogP contribution >= 0.6 is 23.1 Å². The Morgan fingerprint density at radius 2 is 1.91 bits per heavy atom. The van der Waals surface area contributed by atoms with Gasteiger partial charge in [-0.15, -0.1) is 11.8 Å². The lowest BCUT2D eigenvalue weighted by atomic mass is 9.88. The molecule has 0 saturated heterocycles. The molecule has 0 spiro atoms. The number of ether oxygens (including phenoxy) is 1. The van der Waals surface area contributed by atoms with Gasteiger partial charge >= 0.3 is 12.0 Å². The van der Waals surface area contributed by atoms with Crippen molar-refractivity contribution in [3.63, 3.8) is 0 Å². The van der Waals surface area contributed by atoms with Crippen molar-refractivity contribution in [1.82, 2.24) is 9.88 Å². The summed E-state index contributed by atoms with van der Waals surface area (Å²) in [6.45, 7) is 6.51. The third kappa shape index (κ3) is 7.78. The molecule has 178 valence electrons. The predicted molar refractivity (Wildman–Crippen MR) is 130 cm³/mol. The first-order chi connectivity index (χ1) is 15.4. The Bertz CT molecular complexity index is 771. The molecular weight excluding hydrogens is 446 g/mol. The Morgan fingerprint density at radius 1 is 1.22 bits per heavy atom. The van der Waals surface area contributed by atoms with Gasteiger partial charge in [-0.05, 0) is 45.4 Å². The number of nitrogens with one attached hydrogen (secondary N) is 1. The number of nitrogens with zero attached hydrogens (tertiary/aromatic N) is 2. The number of hydrogen-bond donors (Lipinski definition) is 2. The average molecular weight is 482 g/mol. The molecule has 0 unspecified atom stereocenters. The third-order valence-electron chi connectivity index (χ3n) is 6.06. The fraction of sp³-hybridized carbons (Fsp3) is 0.696. The summed E-state index contributed by atoms with van der Waals surface area (Å²) in [5, 5.41) is 12.4. The van der Waals surface area contributed by atoms with Crippen molar-refractivity contribution in [3.05, 3.63) is 18.3 Å². The monoisotopic (exact) mass is 481 g/mol. The molecule has 2 N–H and O–H groups in total. The van der Waals surface area contributed by atoms with Gasteiger partial charge in [0.05, 0.1) is 29.5 Å². The van der Waals surface area contributed by atoms with E-state index in [1.165, 1.54) is 42.4 Å². The van der Waals surface area contributed by atoms with Crippen LogP contribution in [0, 0.1) is 0 Å². The molecule has 0 radical (unpaired) electrons. The Hall–Kier alpha value is -1.58. The number of carboxylic acids is 1. The number of aromatic nitrogens is 1. The Morgan fingerprint density at radius 3 is 2.56 bits per heavy atom. The highest BCUT2D eigenvalue weighted by atomic mass is 32.2. The minimum absolute atomic E-state index is 0.0559. The molecule has 2 saturated carbocycles. The number of amides is 2. The van der Waals surface area contributed by atoms with Crippen molar-refractivity contribution in [3.8, 4) is 0 Å². The minimum atomic E-state index is -0.807. The zero-order valence-corrected chi connectivity index (χ0v) is 20.5. The molecule has 1 heterocycles. The second kappa shape index (κ2) is 12.6. The Labute approximate surface area is 199 Å². The fourth-order valence-electron chi connectivity index (χ4n) is 4.52. The molecule has 3 rings (SSSR count). The Balaban J connectivity index is 1.59. The van der Waals surface area contributed by atoms with E-state index in [0.717, 1.165) is 48.3 Å². The smallest absolute Gasteiger partial charge is 0.324 e. The van der Waals surface area contributed by atoms with Crippen molar-refractivity contribution < 1.29 is 19.4 Å². The first-order valence-corrected chi connectivity index (χ1v) is 13.4. The molecule has 1 aromatic rings. The van der Waals surface area contributed by atoms with E-state index in [4.69, 9.17) is 9.84 Å². The summed E-state index contributed by atoms with van der Waals surface area (Å²) >= 11 is 2.86. The van der Waals surface area contributed by atoms with Crippen LogP contribution in [0.15, 0.2) is 22.6 Å². The number of thioether (sulfide) groups is 1. The van der Waals surface area contributed by atoms with E-state index < -0.39 is 5.97 Å². The molecule has 32 heavy (non-hydrogen) atoms. The number of hydrogen-bond acceptors (Lipinski definition) is 6. The van der Waals surface area contributed by atoms with Crippen LogP contribution in [0.4, 0.5) is 9.93 Å². The fourth-order valence-corrected chi connectivity index (χ4v) is 6.39. The number of urea groups is 1. The molecule has 2 fully saturated rings. The summed E-state index contributed by atoms with van der Waals surface area (Å²) in [6, 6.07) is 0.456. The lowest BCUT2D eigenvalue weighted by Gasteiger charge is -2.42. The molecule has 0 bridgehead atoms. The summed E-state index contributed by atoms with van der Waals surface area (Å²) in [5.41, 5.74) is 1.04. The highest BCUT2D eigenvalue weighted by Crippen LogP contribution is 2.33. The largest absolute Gasteiger partial charge is 0.481 e. The normalized spacial score (nSPS) is 21.8. The molecule has 0 aromatic carbocycles. The number of carbonyl (C=O) groups is 2. The number of aliphatic carboxylic acids is 1. The van der Waals surface area contributed by atoms with E-state index in [1.807, 2.05) is 6.92 Å². The van der Waals surface area contributed by atoms with Crippen LogP contribution in [0.1, 0.15) is 71.1 Å². The standard InChI is InChI=1S/C23H35N3O4S2/c1-16(2)15-30-19-10-8-18(9-11-19)26(17-6-4-3-5-7-17)23(29)25-22-24-14-21(32-22)31-13-12-20(27)28/h14,17-19H,1,3-13,15H2,2H3,(H,27,28)(H,24,25,29)/t18-,19-. The molecular formula is C23H35N3O4S2. The number of thiazole rings is 1. The van der Waals surface area contributed by atoms with Gasteiger partial charge in [-0.3, -0.25) is 10.1 Å². The van der Waals surface area contributed by atoms with Gasteiger partial charge in [0, 0.05) is 17.8 Å². The number of rotatable bonds is 10. The van der Waals surface area contributed by atoms with Gasteiger partial charge in [-0.2, -0.15) is 0 Å². The first kappa shape index (κ1) is 25.1. The first-order valence-electron chi connectivity index (χ1n) is 11.6. The van der Waals surface area contributed by atoms with Crippen molar-refractivity contribution in [2.24, 2.45) is 0 Å². The molecule has 0 atom stereocenters. The van der Waals surface area contributed by atoms with Gasteiger partial charge < -0.3 is 14.7 Å². The van der Waals surface area contributed by atoms with E-state index in [9.17, 15) is 9.59 Å². The average Bonchev–Trinajstić information content (AvgIpc) is 3.21. The van der Waals surface area contributed by atoms with Crippen LogP contribution in [0.2, 0.25) is 0 Å². The third-order valence-corrected chi connectivity index (χ3v) is 8.17. The van der Waals surface area contributed by atoms with Gasteiger partial charge in [0.1, 0.15) is 0 Å². The quantitative estimate of drug-likeness (QED) is 0.325. The van der Waals surface area contributed by atoms with E-state index in [1.54, 1.807) is 6.20 Å². The van der Waals surface area contributed by atoms with E-state index in [0.29, 0.717) is 17.5 Å². The van der Waals surface area contributed by atoms with Gasteiger partial charge in [0.15, 0.2) is 5.13 Å². The summed E-state index contributed by atoms with van der Waals surface area (Å²) in [4.78, 5) is 30.5. The number of carboxylic acid groups (broad SMARTS) is 1. The van der Waals surface area contributed by atoms with Crippen LogP contribution in [0.25, 0.3) is 0 Å². The summed E-state index contributed by atoms with van der Waals surface area (Å²) < 4.78 is 6.88. The van der Waals surface area contributed by atoms with Gasteiger partial charge in [-0.1, -0.05) is 42.8 Å². The summed E-state index contributed by atoms with van der Waals surface area (Å²) in [5.74, 6) is -0.311. The molecule has 1 aromatic heterocycles. The zero-order chi connectivity index (χ0) is 22.9. The second-order valence-corrected chi connectivity index (χ2v) is 11.2. The maximum absolute atomic E-state index is 13.4. The summed E-state index contributed by atoms with van der Waals surface area (Å²) in [7, 11) is 0.